The zero-order valence-electron chi connectivity index (χ0n) is 24.3. The van der Waals surface area contributed by atoms with Crippen LogP contribution in [0.1, 0.15) is 115 Å². The standard InChI is InChI=1S/C31H53N3O5/c1-2-3-4-5-6-7-8-9-10-11-12-13-14-15-17-21-33-30(35)38-25-27-22-29(37-24-27)26-39-31(36)34-23-28-19-16-18-20-32-28/h16,18-20,27,29H,2-15,17,21-26H2,1H3,(H,33,35)(H,34,36)/t27-,29+/m1/s1. The summed E-state index contributed by atoms with van der Waals surface area (Å²) in [7, 11) is 0. The van der Waals surface area contributed by atoms with Crippen LogP contribution in [0.2, 0.25) is 0 Å². The van der Waals surface area contributed by atoms with Gasteiger partial charge in [-0.2, -0.15) is 0 Å². The second-order valence-corrected chi connectivity index (χ2v) is 10.8. The highest BCUT2D eigenvalue weighted by atomic mass is 16.6. The molecule has 2 heterocycles. The van der Waals surface area contributed by atoms with E-state index in [1.807, 2.05) is 18.2 Å². The number of carbonyl (C=O) groups excluding carboxylic acids is 2. The van der Waals surface area contributed by atoms with Gasteiger partial charge in [-0.25, -0.2) is 9.59 Å². The van der Waals surface area contributed by atoms with Gasteiger partial charge in [0.25, 0.3) is 0 Å². The molecule has 2 rings (SSSR count). The van der Waals surface area contributed by atoms with Gasteiger partial charge in [-0.3, -0.25) is 4.98 Å². The Kier molecular flexibility index (Phi) is 18.9. The fraction of sp³-hybridized carbons (Fsp3) is 0.774. The van der Waals surface area contributed by atoms with Crippen molar-refractivity contribution in [2.24, 2.45) is 5.92 Å². The molecule has 0 spiro atoms. The van der Waals surface area contributed by atoms with E-state index in [-0.39, 0.29) is 24.7 Å². The Labute approximate surface area is 236 Å². The van der Waals surface area contributed by atoms with Gasteiger partial charge in [0.2, 0.25) is 0 Å². The summed E-state index contributed by atoms with van der Waals surface area (Å²) in [4.78, 5) is 28.0. The van der Waals surface area contributed by atoms with Crippen LogP contribution < -0.4 is 10.6 Å². The van der Waals surface area contributed by atoms with Crippen molar-refractivity contribution in [3.63, 3.8) is 0 Å². The van der Waals surface area contributed by atoms with Gasteiger partial charge in [0.15, 0.2) is 0 Å². The number of aromatic nitrogens is 1. The number of amides is 2. The van der Waals surface area contributed by atoms with Crippen LogP contribution >= 0.6 is 0 Å². The molecule has 0 bridgehead atoms. The van der Waals surface area contributed by atoms with Crippen LogP contribution in [0.3, 0.4) is 0 Å². The second kappa shape index (κ2) is 22.5. The van der Waals surface area contributed by atoms with Crippen molar-refractivity contribution in [1.82, 2.24) is 15.6 Å². The number of unbranched alkanes of at least 4 members (excludes halogenated alkanes) is 14. The van der Waals surface area contributed by atoms with Gasteiger partial charge < -0.3 is 24.8 Å². The molecule has 1 aliphatic rings. The fourth-order valence-corrected chi connectivity index (χ4v) is 4.83. The molecule has 2 amide bonds. The molecule has 0 aliphatic carbocycles. The van der Waals surface area contributed by atoms with E-state index in [9.17, 15) is 9.59 Å². The number of alkyl carbamates (subject to hydrolysis) is 2. The van der Waals surface area contributed by atoms with Crippen LogP contribution in [-0.4, -0.2) is 49.6 Å². The SMILES string of the molecule is CCCCCCCCCCCCCCCCCNC(=O)OC[C@H]1CO[C@H](COC(=O)NCc2ccccn2)C1. The molecule has 0 radical (unpaired) electrons. The number of nitrogens with zero attached hydrogens (tertiary/aromatic N) is 1. The molecular weight excluding hydrogens is 494 g/mol. The lowest BCUT2D eigenvalue weighted by Gasteiger charge is -2.12. The summed E-state index contributed by atoms with van der Waals surface area (Å²) in [6, 6.07) is 5.53. The van der Waals surface area contributed by atoms with Gasteiger partial charge in [-0.05, 0) is 25.0 Å². The molecular formula is C31H53N3O5. The average molecular weight is 548 g/mol. The van der Waals surface area contributed by atoms with Crippen LogP contribution in [0.15, 0.2) is 24.4 Å². The number of hydrogen-bond acceptors (Lipinski definition) is 6. The van der Waals surface area contributed by atoms with Gasteiger partial charge in [0.05, 0.1) is 31.6 Å². The highest BCUT2D eigenvalue weighted by molar-refractivity contribution is 5.67. The first-order valence-corrected chi connectivity index (χ1v) is 15.5. The number of carbonyl (C=O) groups is 2. The highest BCUT2D eigenvalue weighted by Crippen LogP contribution is 2.20. The monoisotopic (exact) mass is 547 g/mol. The molecule has 1 aliphatic heterocycles. The Morgan fingerprint density at radius 2 is 1.41 bits per heavy atom. The summed E-state index contributed by atoms with van der Waals surface area (Å²) in [5, 5.41) is 5.52. The van der Waals surface area contributed by atoms with Crippen molar-refractivity contribution in [2.45, 2.75) is 122 Å². The molecule has 1 aromatic rings. The van der Waals surface area contributed by atoms with E-state index in [2.05, 4.69) is 22.5 Å². The van der Waals surface area contributed by atoms with Crippen molar-refractivity contribution in [3.05, 3.63) is 30.1 Å². The van der Waals surface area contributed by atoms with Crippen molar-refractivity contribution >= 4 is 12.2 Å². The van der Waals surface area contributed by atoms with Crippen LogP contribution in [0.25, 0.3) is 0 Å². The van der Waals surface area contributed by atoms with E-state index < -0.39 is 6.09 Å². The summed E-state index contributed by atoms with van der Waals surface area (Å²) in [6.45, 7) is 4.23. The summed E-state index contributed by atoms with van der Waals surface area (Å²) < 4.78 is 16.3. The van der Waals surface area contributed by atoms with E-state index in [0.29, 0.717) is 32.7 Å². The minimum atomic E-state index is -0.498. The molecule has 0 unspecified atom stereocenters. The predicted molar refractivity (Wildman–Crippen MR) is 155 cm³/mol. The van der Waals surface area contributed by atoms with Gasteiger partial charge in [0.1, 0.15) is 6.61 Å². The normalized spacial score (nSPS) is 16.6. The Hall–Kier alpha value is -2.35. The van der Waals surface area contributed by atoms with Crippen LogP contribution in [-0.2, 0) is 20.8 Å². The Balaban J connectivity index is 1.33. The van der Waals surface area contributed by atoms with Crippen LogP contribution in [0.5, 0.6) is 0 Å². The number of ether oxygens (including phenoxy) is 3. The Bertz CT molecular complexity index is 749. The quantitative estimate of drug-likeness (QED) is 0.148. The maximum absolute atomic E-state index is 12.0. The van der Waals surface area contributed by atoms with Gasteiger partial charge in [-0.15, -0.1) is 0 Å². The zero-order valence-corrected chi connectivity index (χ0v) is 24.3. The first-order valence-electron chi connectivity index (χ1n) is 15.5. The van der Waals surface area contributed by atoms with Gasteiger partial charge >= 0.3 is 12.2 Å². The first-order chi connectivity index (χ1) is 19.2. The smallest absolute Gasteiger partial charge is 0.407 e. The van der Waals surface area contributed by atoms with E-state index in [0.717, 1.165) is 18.5 Å². The molecule has 0 aromatic carbocycles. The van der Waals surface area contributed by atoms with Gasteiger partial charge in [0, 0.05) is 18.7 Å². The van der Waals surface area contributed by atoms with E-state index >= 15 is 0 Å². The molecule has 1 fully saturated rings. The summed E-state index contributed by atoms with van der Waals surface area (Å²) in [5.74, 6) is 0.117. The Morgan fingerprint density at radius 1 is 0.821 bits per heavy atom. The largest absolute Gasteiger partial charge is 0.449 e. The summed E-state index contributed by atoms with van der Waals surface area (Å²) >= 11 is 0. The summed E-state index contributed by atoms with van der Waals surface area (Å²) in [6.07, 6.45) is 21.3. The minimum Gasteiger partial charge on any atom is -0.449 e. The molecule has 1 saturated heterocycles. The lowest BCUT2D eigenvalue weighted by molar-refractivity contribution is 0.0410. The first kappa shape index (κ1) is 32.9. The lowest BCUT2D eigenvalue weighted by atomic mass is 10.0. The molecule has 8 heteroatoms. The molecule has 2 N–H and O–H groups in total. The molecule has 8 nitrogen and oxygen atoms in total. The second-order valence-electron chi connectivity index (χ2n) is 10.8. The number of pyridine rings is 1. The maximum atomic E-state index is 12.0. The third-order valence-corrected chi connectivity index (χ3v) is 7.20. The summed E-state index contributed by atoms with van der Waals surface area (Å²) in [5.41, 5.74) is 0.765. The minimum absolute atomic E-state index is 0.117. The van der Waals surface area contributed by atoms with Crippen LogP contribution in [0.4, 0.5) is 9.59 Å². The van der Waals surface area contributed by atoms with Crippen molar-refractivity contribution in [2.75, 3.05) is 26.4 Å². The molecule has 1 aromatic heterocycles. The third kappa shape index (κ3) is 17.8. The number of nitrogens with one attached hydrogen (secondary N) is 2. The number of rotatable bonds is 22. The van der Waals surface area contributed by atoms with Crippen LogP contribution in [0, 0.1) is 5.92 Å². The average Bonchev–Trinajstić information content (AvgIpc) is 3.42. The van der Waals surface area contributed by atoms with E-state index in [4.69, 9.17) is 14.2 Å². The molecule has 2 atom stereocenters. The van der Waals surface area contributed by atoms with Crippen molar-refractivity contribution in [1.29, 1.82) is 0 Å². The number of hydrogen-bond donors (Lipinski definition) is 2. The zero-order chi connectivity index (χ0) is 27.8. The van der Waals surface area contributed by atoms with Crippen molar-refractivity contribution in [3.8, 4) is 0 Å². The Morgan fingerprint density at radius 3 is 2.03 bits per heavy atom. The fourth-order valence-electron chi connectivity index (χ4n) is 4.83. The van der Waals surface area contributed by atoms with Crippen molar-refractivity contribution < 1.29 is 23.8 Å². The topological polar surface area (TPSA) is 98.8 Å². The molecule has 222 valence electrons. The highest BCUT2D eigenvalue weighted by Gasteiger charge is 2.27. The maximum Gasteiger partial charge on any atom is 0.407 e. The lowest BCUT2D eigenvalue weighted by Crippen LogP contribution is -2.28. The van der Waals surface area contributed by atoms with E-state index in [1.54, 1.807) is 6.20 Å². The molecule has 0 saturated carbocycles. The predicted octanol–water partition coefficient (Wildman–Crippen LogP) is 7.31. The molecule has 39 heavy (non-hydrogen) atoms. The van der Waals surface area contributed by atoms with Gasteiger partial charge in [-0.1, -0.05) is 103 Å². The third-order valence-electron chi connectivity index (χ3n) is 7.20. The van der Waals surface area contributed by atoms with E-state index in [1.165, 1.54) is 83.5 Å².